The number of hydrogen-bond acceptors (Lipinski definition) is 5. The molecule has 0 spiro atoms. The van der Waals surface area contributed by atoms with Gasteiger partial charge in [0.25, 0.3) is 10.1 Å². The van der Waals surface area contributed by atoms with Gasteiger partial charge in [0, 0.05) is 17.5 Å². The van der Waals surface area contributed by atoms with E-state index in [2.05, 4.69) is 0 Å². The van der Waals surface area contributed by atoms with E-state index in [1.165, 1.54) is 0 Å². The Bertz CT molecular complexity index is 850. The van der Waals surface area contributed by atoms with Crippen molar-refractivity contribution in [1.29, 1.82) is 0 Å². The fourth-order valence-corrected chi connectivity index (χ4v) is 3.55. The zero-order chi connectivity index (χ0) is 17.3. The van der Waals surface area contributed by atoms with Gasteiger partial charge in [-0.3, -0.25) is 4.18 Å². The molecule has 5 nitrogen and oxygen atoms in total. The zero-order valence-electron chi connectivity index (χ0n) is 13.5. The first-order valence-electron chi connectivity index (χ1n) is 7.57. The highest BCUT2D eigenvalue weighted by atomic mass is 32.2. The van der Waals surface area contributed by atoms with Gasteiger partial charge in [-0.15, -0.1) is 0 Å². The average Bonchev–Trinajstić information content (AvgIpc) is 2.54. The van der Waals surface area contributed by atoms with E-state index in [0.29, 0.717) is 11.1 Å². The normalized spacial score (nSPS) is 21.5. The number of aliphatic hydroxyl groups excluding tert-OH is 1. The van der Waals surface area contributed by atoms with Crippen LogP contribution in [0.25, 0.3) is 5.57 Å². The summed E-state index contributed by atoms with van der Waals surface area (Å²) in [6, 6.07) is 9.40. The molecule has 0 bridgehead atoms. The summed E-state index contributed by atoms with van der Waals surface area (Å²) >= 11 is 0. The number of rotatable bonds is 4. The van der Waals surface area contributed by atoms with E-state index in [1.807, 2.05) is 54.6 Å². The van der Waals surface area contributed by atoms with Gasteiger partial charge in [0.05, 0.1) is 12.4 Å². The second-order valence-corrected chi connectivity index (χ2v) is 7.33. The minimum absolute atomic E-state index is 0.635. The van der Waals surface area contributed by atoms with E-state index in [1.54, 1.807) is 18.0 Å². The predicted octanol–water partition coefficient (Wildman–Crippen LogP) is 2.41. The van der Waals surface area contributed by atoms with Crippen molar-refractivity contribution in [3.63, 3.8) is 0 Å². The van der Waals surface area contributed by atoms with E-state index >= 15 is 0 Å². The molecular formula is C18H19NO4S. The minimum atomic E-state index is -3.62. The highest BCUT2D eigenvalue weighted by Gasteiger charge is 2.31. The summed E-state index contributed by atoms with van der Waals surface area (Å²) in [5.41, 5.74) is 2.88. The van der Waals surface area contributed by atoms with E-state index in [-0.39, 0.29) is 0 Å². The number of allylic oxidation sites excluding steroid dienone is 3. The lowest BCUT2D eigenvalue weighted by Crippen LogP contribution is -2.36. The van der Waals surface area contributed by atoms with Crippen LogP contribution in [0.15, 0.2) is 72.1 Å². The standard InChI is InChI=1S/C18H19NO4S/c1-13(23-24(2,21)22)16-12-15-10-6-7-11-19(15)18(20)17(16)14-8-4-3-5-9-14/h3-13,18,20H,1-2H3. The van der Waals surface area contributed by atoms with E-state index in [0.717, 1.165) is 17.5 Å². The van der Waals surface area contributed by atoms with Crippen LogP contribution in [0.4, 0.5) is 0 Å². The second-order valence-electron chi connectivity index (χ2n) is 5.73. The van der Waals surface area contributed by atoms with Gasteiger partial charge in [0.15, 0.2) is 6.23 Å². The van der Waals surface area contributed by atoms with Crippen molar-refractivity contribution in [3.8, 4) is 0 Å². The van der Waals surface area contributed by atoms with Crippen molar-refractivity contribution in [2.45, 2.75) is 19.3 Å². The molecule has 0 amide bonds. The van der Waals surface area contributed by atoms with Crippen molar-refractivity contribution in [2.24, 2.45) is 0 Å². The predicted molar refractivity (Wildman–Crippen MR) is 93.0 cm³/mol. The van der Waals surface area contributed by atoms with Gasteiger partial charge in [0.1, 0.15) is 0 Å². The summed E-state index contributed by atoms with van der Waals surface area (Å²) < 4.78 is 28.2. The van der Waals surface area contributed by atoms with Gasteiger partial charge in [-0.05, 0) is 36.3 Å². The van der Waals surface area contributed by atoms with Crippen molar-refractivity contribution >= 4 is 15.7 Å². The summed E-state index contributed by atoms with van der Waals surface area (Å²) in [5.74, 6) is 0. The molecule has 0 aliphatic carbocycles. The van der Waals surface area contributed by atoms with Gasteiger partial charge >= 0.3 is 0 Å². The smallest absolute Gasteiger partial charge is 0.264 e. The molecule has 0 fully saturated rings. The Kier molecular flexibility index (Phi) is 4.45. The molecule has 0 radical (unpaired) electrons. The highest BCUT2D eigenvalue weighted by Crippen LogP contribution is 2.36. The van der Waals surface area contributed by atoms with Gasteiger partial charge in [-0.2, -0.15) is 8.42 Å². The molecule has 1 aromatic carbocycles. The highest BCUT2D eigenvalue weighted by molar-refractivity contribution is 7.86. The Morgan fingerprint density at radius 1 is 1.21 bits per heavy atom. The van der Waals surface area contributed by atoms with Crippen molar-refractivity contribution < 1.29 is 17.7 Å². The van der Waals surface area contributed by atoms with Crippen LogP contribution in [0, 0.1) is 0 Å². The first-order chi connectivity index (χ1) is 11.4. The molecule has 2 atom stereocenters. The first-order valence-corrected chi connectivity index (χ1v) is 9.39. The Morgan fingerprint density at radius 2 is 1.92 bits per heavy atom. The number of aliphatic hydroxyl groups is 1. The lowest BCUT2D eigenvalue weighted by Gasteiger charge is -2.36. The lowest BCUT2D eigenvalue weighted by molar-refractivity contribution is 0.111. The third-order valence-electron chi connectivity index (χ3n) is 3.90. The monoisotopic (exact) mass is 345 g/mol. The van der Waals surface area contributed by atoms with Crippen LogP contribution in [0.3, 0.4) is 0 Å². The Balaban J connectivity index is 2.15. The molecule has 126 valence electrons. The molecule has 2 aliphatic heterocycles. The van der Waals surface area contributed by atoms with E-state index < -0.39 is 22.4 Å². The van der Waals surface area contributed by atoms with Crippen molar-refractivity contribution in [3.05, 3.63) is 77.7 Å². The second kappa shape index (κ2) is 6.39. The van der Waals surface area contributed by atoms with Crippen molar-refractivity contribution in [2.75, 3.05) is 6.26 Å². The van der Waals surface area contributed by atoms with Gasteiger partial charge in [-0.1, -0.05) is 36.4 Å². The SMILES string of the molecule is CC(OS(C)(=O)=O)C1=C(c2ccccc2)C(O)N2C=CC=CC2=C1. The van der Waals surface area contributed by atoms with Crippen LogP contribution in [-0.2, 0) is 14.3 Å². The van der Waals surface area contributed by atoms with Crippen LogP contribution >= 0.6 is 0 Å². The van der Waals surface area contributed by atoms with Gasteiger partial charge in [0.2, 0.25) is 0 Å². The molecule has 3 rings (SSSR count). The molecule has 1 N–H and O–H groups in total. The topological polar surface area (TPSA) is 66.8 Å². The summed E-state index contributed by atoms with van der Waals surface area (Å²) in [5, 5.41) is 10.9. The van der Waals surface area contributed by atoms with Crippen molar-refractivity contribution in [1.82, 2.24) is 4.90 Å². The molecule has 1 aromatic rings. The van der Waals surface area contributed by atoms with Crippen LogP contribution in [0.1, 0.15) is 12.5 Å². The van der Waals surface area contributed by atoms with E-state index in [4.69, 9.17) is 4.18 Å². The first kappa shape index (κ1) is 16.7. The maximum atomic E-state index is 11.5. The zero-order valence-corrected chi connectivity index (χ0v) is 14.3. The molecule has 2 aliphatic rings. The Morgan fingerprint density at radius 3 is 2.58 bits per heavy atom. The number of fused-ring (bicyclic) bond motifs is 1. The molecule has 2 unspecified atom stereocenters. The number of hydrogen-bond donors (Lipinski definition) is 1. The fraction of sp³-hybridized carbons (Fsp3) is 0.222. The minimum Gasteiger partial charge on any atom is -0.369 e. The van der Waals surface area contributed by atoms with Crippen LogP contribution in [0.5, 0.6) is 0 Å². The summed E-state index contributed by atoms with van der Waals surface area (Å²) in [7, 11) is -3.62. The summed E-state index contributed by atoms with van der Waals surface area (Å²) in [6.45, 7) is 1.67. The summed E-state index contributed by atoms with van der Waals surface area (Å²) in [4.78, 5) is 1.74. The van der Waals surface area contributed by atoms with Gasteiger partial charge < -0.3 is 10.0 Å². The largest absolute Gasteiger partial charge is 0.369 e. The molecule has 0 saturated carbocycles. The third-order valence-corrected chi connectivity index (χ3v) is 4.54. The van der Waals surface area contributed by atoms with Crippen LogP contribution < -0.4 is 0 Å². The number of nitrogens with zero attached hydrogens (tertiary/aromatic N) is 1. The maximum Gasteiger partial charge on any atom is 0.264 e. The summed E-state index contributed by atoms with van der Waals surface area (Å²) in [6.07, 6.45) is 8.59. The molecule has 0 aromatic heterocycles. The Labute approximate surface area is 142 Å². The van der Waals surface area contributed by atoms with Gasteiger partial charge in [-0.25, -0.2) is 0 Å². The van der Waals surface area contributed by atoms with Crippen LogP contribution in [0.2, 0.25) is 0 Å². The quantitative estimate of drug-likeness (QED) is 0.849. The average molecular weight is 345 g/mol. The number of benzene rings is 1. The molecular weight excluding hydrogens is 326 g/mol. The molecule has 24 heavy (non-hydrogen) atoms. The van der Waals surface area contributed by atoms with E-state index in [9.17, 15) is 13.5 Å². The maximum absolute atomic E-state index is 11.5. The lowest BCUT2D eigenvalue weighted by atomic mass is 9.90. The van der Waals surface area contributed by atoms with Crippen LogP contribution in [-0.4, -0.2) is 37.0 Å². The molecule has 6 heteroatoms. The Hall–Kier alpha value is -2.15. The molecule has 2 heterocycles. The third kappa shape index (κ3) is 3.36. The molecule has 0 saturated heterocycles. The fourth-order valence-electron chi connectivity index (χ4n) is 2.92.